The summed E-state index contributed by atoms with van der Waals surface area (Å²) in [7, 11) is 0. The maximum Gasteiger partial charge on any atom is 0.406 e. The van der Waals surface area contributed by atoms with Gasteiger partial charge in [-0.05, 0) is 57.9 Å². The average molecular weight is 392 g/mol. The van der Waals surface area contributed by atoms with Crippen LogP contribution in [0.2, 0.25) is 0 Å². The van der Waals surface area contributed by atoms with Gasteiger partial charge in [0.25, 0.3) is 0 Å². The van der Waals surface area contributed by atoms with Gasteiger partial charge in [0.1, 0.15) is 17.2 Å². The molecule has 3 heteroatoms. The van der Waals surface area contributed by atoms with Crippen molar-refractivity contribution in [3.05, 3.63) is 115 Å². The highest BCUT2D eigenvalue weighted by Crippen LogP contribution is 2.25. The molecule has 0 heterocycles. The van der Waals surface area contributed by atoms with Crippen molar-refractivity contribution in [1.82, 2.24) is 0 Å². The van der Waals surface area contributed by atoms with Crippen LogP contribution < -0.4 is 14.2 Å². The Morgan fingerprint density at radius 3 is 1.33 bits per heavy atom. The van der Waals surface area contributed by atoms with Crippen LogP contribution in [0.3, 0.4) is 0 Å². The minimum atomic E-state index is -0.935. The number of para-hydroxylation sites is 1. The molecule has 0 aliphatic carbocycles. The monoisotopic (exact) mass is 392 g/mol. The second-order valence-corrected chi connectivity index (χ2v) is 6.97. The lowest BCUT2D eigenvalue weighted by Gasteiger charge is -2.21. The lowest BCUT2D eigenvalue weighted by molar-refractivity contribution is -0.140. The Hall–Kier alpha value is -3.98. The van der Waals surface area contributed by atoms with Gasteiger partial charge in [0.2, 0.25) is 0 Å². The van der Waals surface area contributed by atoms with Gasteiger partial charge in [-0.25, -0.2) is 0 Å². The summed E-state index contributed by atoms with van der Waals surface area (Å²) in [4.78, 5) is 0. The largest absolute Gasteiger partial charge is 0.423 e. The Kier molecular flexibility index (Phi) is 4.93. The van der Waals surface area contributed by atoms with Crippen LogP contribution in [-0.4, -0.2) is 6.48 Å². The van der Waals surface area contributed by atoms with Crippen LogP contribution in [0, 0.1) is 0 Å². The molecule has 0 saturated carbocycles. The Morgan fingerprint density at radius 1 is 0.367 bits per heavy atom. The summed E-state index contributed by atoms with van der Waals surface area (Å²) in [6.07, 6.45) is 0. The van der Waals surface area contributed by atoms with E-state index in [1.54, 1.807) is 0 Å². The van der Waals surface area contributed by atoms with E-state index in [1.165, 1.54) is 0 Å². The molecule has 0 saturated heterocycles. The fourth-order valence-electron chi connectivity index (χ4n) is 3.39. The Balaban J connectivity index is 1.43. The van der Waals surface area contributed by atoms with Gasteiger partial charge >= 0.3 is 6.48 Å². The van der Waals surface area contributed by atoms with E-state index in [2.05, 4.69) is 24.3 Å². The molecule has 3 nitrogen and oxygen atoms in total. The third-order valence-corrected chi connectivity index (χ3v) is 4.88. The Labute approximate surface area is 175 Å². The molecular weight excluding hydrogens is 372 g/mol. The molecule has 0 aromatic heterocycles. The lowest BCUT2D eigenvalue weighted by Crippen LogP contribution is -2.30. The molecule has 0 aliphatic rings. The highest BCUT2D eigenvalue weighted by atomic mass is 16.8. The third-order valence-electron chi connectivity index (χ3n) is 4.88. The Morgan fingerprint density at radius 2 is 0.800 bits per heavy atom. The van der Waals surface area contributed by atoms with Gasteiger partial charge in [0.15, 0.2) is 0 Å². The minimum absolute atomic E-state index is 0.670. The van der Waals surface area contributed by atoms with Gasteiger partial charge in [-0.3, -0.25) is 0 Å². The fourth-order valence-corrected chi connectivity index (χ4v) is 3.39. The van der Waals surface area contributed by atoms with Crippen molar-refractivity contribution in [2.75, 3.05) is 0 Å². The number of benzene rings is 5. The molecule has 0 fully saturated rings. The quantitative estimate of drug-likeness (QED) is 0.297. The molecule has 5 aromatic carbocycles. The first-order valence-electron chi connectivity index (χ1n) is 9.86. The Bertz CT molecular complexity index is 1200. The van der Waals surface area contributed by atoms with Crippen molar-refractivity contribution >= 4 is 21.5 Å². The maximum absolute atomic E-state index is 6.10. The van der Waals surface area contributed by atoms with Crippen LogP contribution >= 0.6 is 0 Å². The number of rotatable bonds is 6. The zero-order valence-electron chi connectivity index (χ0n) is 16.3. The van der Waals surface area contributed by atoms with E-state index in [-0.39, 0.29) is 0 Å². The normalized spacial score (nSPS) is 11.0. The average Bonchev–Trinajstić information content (AvgIpc) is 2.79. The SMILES string of the molecule is c1ccc(OC(Oc2ccc3ccccc3c2)Oc2ccc3ccccc3c2)cc1. The van der Waals surface area contributed by atoms with E-state index in [9.17, 15) is 0 Å². The summed E-state index contributed by atoms with van der Waals surface area (Å²) >= 11 is 0. The summed E-state index contributed by atoms with van der Waals surface area (Å²) in [5, 5.41) is 4.50. The molecule has 0 amide bonds. The zero-order valence-corrected chi connectivity index (χ0v) is 16.3. The molecule has 146 valence electrons. The molecule has 0 atom stereocenters. The third kappa shape index (κ3) is 4.06. The first-order valence-corrected chi connectivity index (χ1v) is 9.86. The van der Waals surface area contributed by atoms with Gasteiger partial charge in [-0.15, -0.1) is 0 Å². The predicted octanol–water partition coefficient (Wildman–Crippen LogP) is 6.81. The second kappa shape index (κ2) is 8.18. The fraction of sp³-hybridized carbons (Fsp3) is 0.0370. The van der Waals surface area contributed by atoms with Crippen LogP contribution in [0.25, 0.3) is 21.5 Å². The van der Waals surface area contributed by atoms with E-state index in [1.807, 2.05) is 91.0 Å². The van der Waals surface area contributed by atoms with Gasteiger partial charge < -0.3 is 14.2 Å². The molecule has 0 N–H and O–H groups in total. The van der Waals surface area contributed by atoms with Crippen molar-refractivity contribution in [2.24, 2.45) is 0 Å². The maximum atomic E-state index is 6.10. The van der Waals surface area contributed by atoms with Gasteiger partial charge in [-0.2, -0.15) is 0 Å². The summed E-state index contributed by atoms with van der Waals surface area (Å²) in [5.74, 6) is 2.02. The van der Waals surface area contributed by atoms with Crippen molar-refractivity contribution in [3.63, 3.8) is 0 Å². The standard InChI is InChI=1S/C27H20O3/c1-2-12-24(13-3-1)28-27(29-25-16-14-20-8-4-6-10-22(20)18-25)30-26-17-15-21-9-5-7-11-23(21)19-26/h1-19,27H. The topological polar surface area (TPSA) is 27.7 Å². The molecule has 30 heavy (non-hydrogen) atoms. The number of hydrogen-bond acceptors (Lipinski definition) is 3. The van der Waals surface area contributed by atoms with Crippen LogP contribution in [0.1, 0.15) is 0 Å². The molecule has 5 aromatic rings. The minimum Gasteiger partial charge on any atom is -0.423 e. The number of fused-ring (bicyclic) bond motifs is 2. The lowest BCUT2D eigenvalue weighted by atomic mass is 10.1. The van der Waals surface area contributed by atoms with Crippen LogP contribution in [0.4, 0.5) is 0 Å². The summed E-state index contributed by atoms with van der Waals surface area (Å²) in [6.45, 7) is -0.935. The number of hydrogen-bond donors (Lipinski definition) is 0. The van der Waals surface area contributed by atoms with E-state index < -0.39 is 6.48 Å². The van der Waals surface area contributed by atoms with Crippen LogP contribution in [0.5, 0.6) is 17.2 Å². The van der Waals surface area contributed by atoms with E-state index >= 15 is 0 Å². The predicted molar refractivity (Wildman–Crippen MR) is 120 cm³/mol. The highest BCUT2D eigenvalue weighted by Gasteiger charge is 2.15. The smallest absolute Gasteiger partial charge is 0.406 e. The van der Waals surface area contributed by atoms with Gasteiger partial charge in [0, 0.05) is 0 Å². The van der Waals surface area contributed by atoms with E-state index in [4.69, 9.17) is 14.2 Å². The van der Waals surface area contributed by atoms with Crippen LogP contribution in [-0.2, 0) is 0 Å². The van der Waals surface area contributed by atoms with Gasteiger partial charge in [0.05, 0.1) is 0 Å². The molecular formula is C27H20O3. The number of ether oxygens (including phenoxy) is 3. The summed E-state index contributed by atoms with van der Waals surface area (Å²) in [5.41, 5.74) is 0. The van der Waals surface area contributed by atoms with Crippen LogP contribution in [0.15, 0.2) is 115 Å². The molecule has 0 bridgehead atoms. The molecule has 0 aliphatic heterocycles. The van der Waals surface area contributed by atoms with Crippen molar-refractivity contribution in [2.45, 2.75) is 6.48 Å². The molecule has 5 rings (SSSR count). The van der Waals surface area contributed by atoms with E-state index in [0.717, 1.165) is 21.5 Å². The van der Waals surface area contributed by atoms with Gasteiger partial charge in [-0.1, -0.05) is 78.9 Å². The summed E-state index contributed by atoms with van der Waals surface area (Å²) in [6, 6.07) is 37.7. The first-order chi connectivity index (χ1) is 14.8. The second-order valence-electron chi connectivity index (χ2n) is 6.97. The summed E-state index contributed by atoms with van der Waals surface area (Å²) < 4.78 is 18.2. The molecule has 0 spiro atoms. The first kappa shape index (κ1) is 18.1. The zero-order chi connectivity index (χ0) is 20.2. The molecule has 0 radical (unpaired) electrons. The van der Waals surface area contributed by atoms with Crippen molar-refractivity contribution in [1.29, 1.82) is 0 Å². The molecule has 0 unspecified atom stereocenters. The van der Waals surface area contributed by atoms with Crippen molar-refractivity contribution < 1.29 is 14.2 Å². The van der Waals surface area contributed by atoms with E-state index in [0.29, 0.717) is 17.2 Å². The highest BCUT2D eigenvalue weighted by molar-refractivity contribution is 5.84. The van der Waals surface area contributed by atoms with Crippen molar-refractivity contribution in [3.8, 4) is 17.2 Å².